The minimum atomic E-state index is -0.472. The first kappa shape index (κ1) is 21.0. The minimum absolute atomic E-state index is 0.318. The first-order valence-electron chi connectivity index (χ1n) is 9.63. The number of nitrogens with one attached hydrogen (secondary N) is 3. The van der Waals surface area contributed by atoms with E-state index >= 15 is 0 Å². The quantitative estimate of drug-likeness (QED) is 0.344. The zero-order valence-corrected chi connectivity index (χ0v) is 17.8. The number of hydrogen-bond acceptors (Lipinski definition) is 7. The maximum absolute atomic E-state index is 12.5. The van der Waals surface area contributed by atoms with Crippen LogP contribution in [0.5, 0.6) is 0 Å². The third-order valence-corrected chi connectivity index (χ3v) is 5.30. The molecule has 0 saturated carbocycles. The zero-order chi connectivity index (χ0) is 22.3. The van der Waals surface area contributed by atoms with Crippen LogP contribution in [-0.4, -0.2) is 29.3 Å². The summed E-state index contributed by atoms with van der Waals surface area (Å²) in [6.45, 7) is 0. The van der Waals surface area contributed by atoms with Crippen LogP contribution >= 0.6 is 11.3 Å². The Bertz CT molecular complexity index is 1230. The SMILES string of the molecule is COC(=O)c1ccsc1Nc1ccccc1NC(=O)Nc1ccc(-c2ccccc2)nn1. The number of urea groups is 1. The summed E-state index contributed by atoms with van der Waals surface area (Å²) in [5.41, 5.74) is 3.23. The number of carbonyl (C=O) groups is 2. The second-order valence-corrected chi connectivity index (χ2v) is 7.49. The average molecular weight is 446 g/mol. The van der Waals surface area contributed by atoms with Gasteiger partial charge in [-0.05, 0) is 35.7 Å². The van der Waals surface area contributed by atoms with Crippen molar-refractivity contribution in [3.8, 4) is 11.3 Å². The number of methoxy groups -OCH3 is 1. The fourth-order valence-corrected chi connectivity index (χ4v) is 3.72. The number of carbonyl (C=O) groups excluding carboxylic acids is 2. The van der Waals surface area contributed by atoms with Crippen LogP contribution in [0.2, 0.25) is 0 Å². The normalized spacial score (nSPS) is 10.3. The van der Waals surface area contributed by atoms with E-state index in [1.807, 2.05) is 36.4 Å². The van der Waals surface area contributed by atoms with E-state index in [-0.39, 0.29) is 0 Å². The van der Waals surface area contributed by atoms with E-state index in [0.29, 0.717) is 33.5 Å². The number of thiophene rings is 1. The van der Waals surface area contributed by atoms with Crippen molar-refractivity contribution < 1.29 is 14.3 Å². The molecule has 0 atom stereocenters. The van der Waals surface area contributed by atoms with E-state index in [1.165, 1.54) is 18.4 Å². The summed E-state index contributed by atoms with van der Waals surface area (Å²) in [6, 6.07) is 21.5. The standard InChI is InChI=1S/C23H19N5O3S/c1-31-22(29)16-13-14-32-21(16)24-18-9-5-6-10-19(18)25-23(30)26-20-12-11-17(27-28-20)15-7-3-2-4-8-15/h2-14,24H,1H3,(H2,25,26,28,30). The van der Waals surface area contributed by atoms with Gasteiger partial charge in [0, 0.05) is 5.56 Å². The molecule has 32 heavy (non-hydrogen) atoms. The number of aromatic nitrogens is 2. The van der Waals surface area contributed by atoms with Crippen molar-refractivity contribution in [1.29, 1.82) is 0 Å². The Hall–Kier alpha value is -4.24. The fourth-order valence-electron chi connectivity index (χ4n) is 2.93. The summed E-state index contributed by atoms with van der Waals surface area (Å²) in [6.07, 6.45) is 0. The molecule has 2 aromatic carbocycles. The third kappa shape index (κ3) is 4.90. The van der Waals surface area contributed by atoms with Gasteiger partial charge in [0.15, 0.2) is 5.82 Å². The maximum Gasteiger partial charge on any atom is 0.340 e. The van der Waals surface area contributed by atoms with E-state index in [2.05, 4.69) is 26.1 Å². The van der Waals surface area contributed by atoms with E-state index < -0.39 is 12.0 Å². The van der Waals surface area contributed by atoms with Gasteiger partial charge in [-0.3, -0.25) is 5.32 Å². The predicted molar refractivity (Wildman–Crippen MR) is 125 cm³/mol. The molecule has 0 spiro atoms. The highest BCUT2D eigenvalue weighted by Crippen LogP contribution is 2.31. The molecule has 0 aliphatic carbocycles. The van der Waals surface area contributed by atoms with Gasteiger partial charge in [-0.25, -0.2) is 9.59 Å². The molecule has 0 aliphatic heterocycles. The lowest BCUT2D eigenvalue weighted by molar-refractivity contribution is 0.0602. The second kappa shape index (κ2) is 9.71. The monoisotopic (exact) mass is 445 g/mol. The van der Waals surface area contributed by atoms with Crippen molar-refractivity contribution in [2.24, 2.45) is 0 Å². The molecule has 0 radical (unpaired) electrons. The van der Waals surface area contributed by atoms with Gasteiger partial charge < -0.3 is 15.4 Å². The van der Waals surface area contributed by atoms with Crippen LogP contribution in [0.1, 0.15) is 10.4 Å². The molecule has 2 heterocycles. The van der Waals surface area contributed by atoms with E-state index in [4.69, 9.17) is 4.74 Å². The van der Waals surface area contributed by atoms with Gasteiger partial charge in [0.05, 0.1) is 29.7 Å². The highest BCUT2D eigenvalue weighted by atomic mass is 32.1. The van der Waals surface area contributed by atoms with Crippen LogP contribution in [0.15, 0.2) is 78.2 Å². The summed E-state index contributed by atoms with van der Waals surface area (Å²) >= 11 is 1.36. The van der Waals surface area contributed by atoms with Crippen molar-refractivity contribution in [2.45, 2.75) is 0 Å². The van der Waals surface area contributed by atoms with Crippen molar-refractivity contribution in [1.82, 2.24) is 10.2 Å². The van der Waals surface area contributed by atoms with Gasteiger partial charge in [0.1, 0.15) is 5.00 Å². The molecule has 0 fully saturated rings. The maximum atomic E-state index is 12.5. The van der Waals surface area contributed by atoms with Crippen LogP contribution in [0.4, 0.5) is 27.0 Å². The first-order chi connectivity index (χ1) is 15.6. The van der Waals surface area contributed by atoms with Crippen molar-refractivity contribution in [2.75, 3.05) is 23.1 Å². The summed E-state index contributed by atoms with van der Waals surface area (Å²) < 4.78 is 4.81. The highest BCUT2D eigenvalue weighted by molar-refractivity contribution is 7.14. The molecular weight excluding hydrogens is 426 g/mol. The molecule has 0 bridgehead atoms. The van der Waals surface area contributed by atoms with Crippen molar-refractivity contribution in [3.63, 3.8) is 0 Å². The molecule has 0 saturated heterocycles. The molecule has 4 aromatic rings. The summed E-state index contributed by atoms with van der Waals surface area (Å²) in [5.74, 6) is -0.117. The fraction of sp³-hybridized carbons (Fsp3) is 0.0435. The Labute approximate surface area is 188 Å². The van der Waals surface area contributed by atoms with Crippen LogP contribution in [0, 0.1) is 0 Å². The van der Waals surface area contributed by atoms with Crippen LogP contribution in [-0.2, 0) is 4.74 Å². The Balaban J connectivity index is 1.44. The van der Waals surface area contributed by atoms with E-state index in [1.54, 1.807) is 41.8 Å². The Morgan fingerprint density at radius 3 is 2.31 bits per heavy atom. The molecule has 3 N–H and O–H groups in total. The number of anilines is 4. The Morgan fingerprint density at radius 2 is 1.59 bits per heavy atom. The largest absolute Gasteiger partial charge is 0.465 e. The van der Waals surface area contributed by atoms with Gasteiger partial charge in [-0.15, -0.1) is 21.5 Å². The predicted octanol–water partition coefficient (Wildman–Crippen LogP) is 5.38. The number of benzene rings is 2. The lowest BCUT2D eigenvalue weighted by Crippen LogP contribution is -2.21. The number of rotatable bonds is 6. The van der Waals surface area contributed by atoms with Gasteiger partial charge in [0.2, 0.25) is 0 Å². The molecule has 4 rings (SSSR count). The number of esters is 1. The van der Waals surface area contributed by atoms with Gasteiger partial charge >= 0.3 is 12.0 Å². The van der Waals surface area contributed by atoms with Gasteiger partial charge in [0.25, 0.3) is 0 Å². The van der Waals surface area contributed by atoms with Crippen LogP contribution in [0.3, 0.4) is 0 Å². The summed E-state index contributed by atoms with van der Waals surface area (Å²) in [4.78, 5) is 24.4. The van der Waals surface area contributed by atoms with Gasteiger partial charge in [-0.2, -0.15) is 0 Å². The van der Waals surface area contributed by atoms with Gasteiger partial charge in [-0.1, -0.05) is 42.5 Å². The molecular formula is C23H19N5O3S. The van der Waals surface area contributed by atoms with E-state index in [0.717, 1.165) is 5.56 Å². The zero-order valence-electron chi connectivity index (χ0n) is 17.0. The topological polar surface area (TPSA) is 105 Å². The van der Waals surface area contributed by atoms with Crippen LogP contribution < -0.4 is 16.0 Å². The average Bonchev–Trinajstić information content (AvgIpc) is 3.29. The van der Waals surface area contributed by atoms with E-state index in [9.17, 15) is 9.59 Å². The molecule has 9 heteroatoms. The molecule has 160 valence electrons. The smallest absolute Gasteiger partial charge is 0.340 e. The Kier molecular flexibility index (Phi) is 6.38. The second-order valence-electron chi connectivity index (χ2n) is 6.57. The molecule has 0 unspecified atom stereocenters. The molecule has 2 aromatic heterocycles. The number of ether oxygens (including phenoxy) is 1. The number of amides is 2. The van der Waals surface area contributed by atoms with Crippen molar-refractivity contribution in [3.05, 3.63) is 83.7 Å². The minimum Gasteiger partial charge on any atom is -0.465 e. The Morgan fingerprint density at radius 1 is 0.844 bits per heavy atom. The third-order valence-electron chi connectivity index (χ3n) is 4.47. The lowest BCUT2D eigenvalue weighted by atomic mass is 10.1. The number of hydrogen-bond donors (Lipinski definition) is 3. The first-order valence-corrected chi connectivity index (χ1v) is 10.5. The highest BCUT2D eigenvalue weighted by Gasteiger charge is 2.15. The number of nitrogens with zero attached hydrogens (tertiary/aromatic N) is 2. The molecule has 8 nitrogen and oxygen atoms in total. The molecule has 2 amide bonds. The van der Waals surface area contributed by atoms with Crippen molar-refractivity contribution >= 4 is 45.5 Å². The lowest BCUT2D eigenvalue weighted by Gasteiger charge is -2.13. The summed E-state index contributed by atoms with van der Waals surface area (Å²) in [7, 11) is 1.33. The number of para-hydroxylation sites is 2. The van der Waals surface area contributed by atoms with Crippen LogP contribution in [0.25, 0.3) is 11.3 Å². The summed E-state index contributed by atoms with van der Waals surface area (Å²) in [5, 5.41) is 19.3. The molecule has 0 aliphatic rings.